The molecular formula is C12H15NO3S. The minimum absolute atomic E-state index is 0.0679. The summed E-state index contributed by atoms with van der Waals surface area (Å²) in [6.45, 7) is 1.48. The molecular weight excluding hydrogens is 238 g/mol. The van der Waals surface area contributed by atoms with Gasteiger partial charge in [-0.05, 0) is 36.9 Å². The van der Waals surface area contributed by atoms with Gasteiger partial charge in [0.1, 0.15) is 5.75 Å². The Morgan fingerprint density at radius 2 is 1.94 bits per heavy atom. The number of methoxy groups -OCH3 is 1. The number of carbonyl (C=O) groups is 2. The van der Waals surface area contributed by atoms with Crippen LogP contribution in [0.15, 0.2) is 23.1 Å². The Morgan fingerprint density at radius 3 is 2.41 bits per heavy atom. The molecule has 0 aliphatic heterocycles. The highest BCUT2D eigenvalue weighted by atomic mass is 32.2. The molecule has 0 heterocycles. The molecule has 1 aromatic carbocycles. The van der Waals surface area contributed by atoms with Crippen molar-refractivity contribution in [3.8, 4) is 5.75 Å². The fraction of sp³-hybridized carbons (Fsp3) is 0.333. The molecule has 0 bridgehead atoms. The summed E-state index contributed by atoms with van der Waals surface area (Å²) in [5, 5.41) is -0.124. The maximum atomic E-state index is 11.6. The van der Waals surface area contributed by atoms with Gasteiger partial charge >= 0.3 is 0 Å². The number of Topliss-reactive ketones (excluding diaryl/α,β-unsaturated/α-hetero) is 1. The van der Waals surface area contributed by atoms with E-state index in [0.29, 0.717) is 16.2 Å². The van der Waals surface area contributed by atoms with E-state index in [9.17, 15) is 9.59 Å². The number of hydrogen-bond donors (Lipinski definition) is 0. The lowest BCUT2D eigenvalue weighted by Gasteiger charge is -2.12. The van der Waals surface area contributed by atoms with Crippen molar-refractivity contribution in [3.05, 3.63) is 23.8 Å². The summed E-state index contributed by atoms with van der Waals surface area (Å²) < 4.78 is 5.08. The SMILES string of the molecule is COc1ccc(C(C)=O)c(SC(=O)N(C)C)c1. The third-order valence-electron chi connectivity index (χ3n) is 2.13. The van der Waals surface area contributed by atoms with Gasteiger partial charge in [-0.2, -0.15) is 0 Å². The summed E-state index contributed by atoms with van der Waals surface area (Å²) in [6.07, 6.45) is 0. The first-order valence-electron chi connectivity index (χ1n) is 5.03. The topological polar surface area (TPSA) is 46.6 Å². The minimum atomic E-state index is -0.124. The van der Waals surface area contributed by atoms with Gasteiger partial charge in [-0.1, -0.05) is 0 Å². The van der Waals surface area contributed by atoms with E-state index in [1.165, 1.54) is 11.8 Å². The predicted octanol–water partition coefficient (Wildman–Crippen LogP) is 2.67. The Balaban J connectivity index is 3.09. The van der Waals surface area contributed by atoms with E-state index >= 15 is 0 Å². The van der Waals surface area contributed by atoms with E-state index in [1.54, 1.807) is 39.4 Å². The summed E-state index contributed by atoms with van der Waals surface area (Å²) in [7, 11) is 4.89. The van der Waals surface area contributed by atoms with Crippen LogP contribution in [0, 0.1) is 0 Å². The van der Waals surface area contributed by atoms with Crippen molar-refractivity contribution in [1.29, 1.82) is 0 Å². The molecule has 0 aliphatic rings. The van der Waals surface area contributed by atoms with Crippen molar-refractivity contribution in [2.45, 2.75) is 11.8 Å². The molecule has 0 N–H and O–H groups in total. The first-order chi connectivity index (χ1) is 7.95. The molecule has 5 heteroatoms. The molecule has 1 amide bonds. The molecule has 0 atom stereocenters. The zero-order valence-electron chi connectivity index (χ0n) is 10.3. The highest BCUT2D eigenvalue weighted by Gasteiger charge is 2.14. The van der Waals surface area contributed by atoms with Crippen LogP contribution in [0.2, 0.25) is 0 Å². The first-order valence-corrected chi connectivity index (χ1v) is 5.85. The monoisotopic (exact) mass is 253 g/mol. The molecule has 1 aromatic rings. The number of ketones is 1. The predicted molar refractivity (Wildman–Crippen MR) is 67.9 cm³/mol. The lowest BCUT2D eigenvalue weighted by atomic mass is 10.1. The average molecular weight is 253 g/mol. The lowest BCUT2D eigenvalue weighted by Crippen LogP contribution is -2.16. The molecule has 0 saturated carbocycles. The normalized spacial score (nSPS) is 9.88. The number of carbonyl (C=O) groups excluding carboxylic acids is 2. The van der Waals surface area contributed by atoms with Gasteiger partial charge in [-0.3, -0.25) is 9.59 Å². The maximum absolute atomic E-state index is 11.6. The van der Waals surface area contributed by atoms with Crippen LogP contribution in [0.25, 0.3) is 0 Å². The molecule has 0 saturated heterocycles. The van der Waals surface area contributed by atoms with Crippen LogP contribution < -0.4 is 4.74 Å². The van der Waals surface area contributed by atoms with E-state index in [4.69, 9.17) is 4.74 Å². The van der Waals surface area contributed by atoms with Crippen LogP contribution in [0.4, 0.5) is 4.79 Å². The number of hydrogen-bond acceptors (Lipinski definition) is 4. The van der Waals surface area contributed by atoms with Gasteiger partial charge < -0.3 is 9.64 Å². The number of amides is 1. The Bertz CT molecular complexity index is 443. The van der Waals surface area contributed by atoms with Crippen molar-refractivity contribution in [3.63, 3.8) is 0 Å². The molecule has 0 aromatic heterocycles. The molecule has 92 valence electrons. The zero-order chi connectivity index (χ0) is 13.0. The zero-order valence-corrected chi connectivity index (χ0v) is 11.1. The number of rotatable bonds is 3. The van der Waals surface area contributed by atoms with Crippen molar-refractivity contribution < 1.29 is 14.3 Å². The molecule has 0 radical (unpaired) electrons. The molecule has 0 spiro atoms. The first kappa shape index (κ1) is 13.6. The summed E-state index contributed by atoms with van der Waals surface area (Å²) in [4.78, 5) is 25.1. The standard InChI is InChI=1S/C12H15NO3S/c1-8(14)10-6-5-9(16-4)7-11(10)17-12(15)13(2)3/h5-7H,1-4H3. The fourth-order valence-corrected chi connectivity index (χ4v) is 2.06. The summed E-state index contributed by atoms with van der Waals surface area (Å²) in [5.41, 5.74) is 0.533. The van der Waals surface area contributed by atoms with Gasteiger partial charge in [0.05, 0.1) is 7.11 Å². The van der Waals surface area contributed by atoms with E-state index in [0.717, 1.165) is 11.8 Å². The van der Waals surface area contributed by atoms with Gasteiger partial charge in [-0.25, -0.2) is 0 Å². The van der Waals surface area contributed by atoms with Crippen molar-refractivity contribution in [1.82, 2.24) is 4.90 Å². The highest BCUT2D eigenvalue weighted by molar-refractivity contribution is 8.13. The smallest absolute Gasteiger partial charge is 0.285 e. The Kier molecular flexibility index (Phi) is 4.57. The lowest BCUT2D eigenvalue weighted by molar-refractivity contribution is 0.101. The van der Waals surface area contributed by atoms with Gasteiger partial charge in [0.2, 0.25) is 0 Å². The van der Waals surface area contributed by atoms with Crippen LogP contribution in [0.1, 0.15) is 17.3 Å². The molecule has 0 aliphatic carbocycles. The van der Waals surface area contributed by atoms with Crippen LogP contribution in [-0.2, 0) is 0 Å². The quantitative estimate of drug-likeness (QED) is 0.613. The summed E-state index contributed by atoms with van der Waals surface area (Å²) in [5.74, 6) is 0.561. The van der Waals surface area contributed by atoms with Gasteiger partial charge in [0.25, 0.3) is 5.24 Å². The van der Waals surface area contributed by atoms with Gasteiger partial charge in [-0.15, -0.1) is 0 Å². The van der Waals surface area contributed by atoms with E-state index in [1.807, 2.05) is 0 Å². The Hall–Kier alpha value is -1.49. The van der Waals surface area contributed by atoms with Crippen molar-refractivity contribution in [2.24, 2.45) is 0 Å². The second-order valence-corrected chi connectivity index (χ2v) is 4.67. The molecule has 17 heavy (non-hydrogen) atoms. The largest absolute Gasteiger partial charge is 0.497 e. The van der Waals surface area contributed by atoms with Gasteiger partial charge in [0, 0.05) is 24.6 Å². The molecule has 4 nitrogen and oxygen atoms in total. The second-order valence-electron chi connectivity index (χ2n) is 3.68. The number of thioether (sulfide) groups is 1. The van der Waals surface area contributed by atoms with Crippen LogP contribution >= 0.6 is 11.8 Å². The number of benzene rings is 1. The molecule has 1 rings (SSSR count). The minimum Gasteiger partial charge on any atom is -0.497 e. The van der Waals surface area contributed by atoms with E-state index in [-0.39, 0.29) is 11.0 Å². The van der Waals surface area contributed by atoms with Crippen molar-refractivity contribution >= 4 is 22.8 Å². The summed E-state index contributed by atoms with van der Waals surface area (Å²) >= 11 is 1.02. The van der Waals surface area contributed by atoms with Gasteiger partial charge in [0.15, 0.2) is 5.78 Å². The third kappa shape index (κ3) is 3.49. The second kappa shape index (κ2) is 5.72. The highest BCUT2D eigenvalue weighted by Crippen LogP contribution is 2.29. The summed E-state index contributed by atoms with van der Waals surface area (Å²) in [6, 6.07) is 5.08. The number of ether oxygens (including phenoxy) is 1. The van der Waals surface area contributed by atoms with Crippen molar-refractivity contribution in [2.75, 3.05) is 21.2 Å². The Labute approximate surface area is 105 Å². The van der Waals surface area contributed by atoms with E-state index in [2.05, 4.69) is 0 Å². The van der Waals surface area contributed by atoms with Crippen LogP contribution in [0.3, 0.4) is 0 Å². The van der Waals surface area contributed by atoms with E-state index < -0.39 is 0 Å². The average Bonchev–Trinajstić information content (AvgIpc) is 2.28. The molecule has 0 unspecified atom stereocenters. The third-order valence-corrected chi connectivity index (χ3v) is 3.23. The van der Waals surface area contributed by atoms with Crippen LogP contribution in [-0.4, -0.2) is 37.1 Å². The fourth-order valence-electron chi connectivity index (χ4n) is 1.19. The van der Waals surface area contributed by atoms with Crippen LogP contribution in [0.5, 0.6) is 5.75 Å². The maximum Gasteiger partial charge on any atom is 0.285 e. The number of nitrogens with zero attached hydrogens (tertiary/aromatic N) is 1. The Morgan fingerprint density at radius 1 is 1.29 bits per heavy atom. The molecule has 0 fully saturated rings.